The molecular weight excluding hydrogens is 305 g/mol. The van der Waals surface area contributed by atoms with Crippen LogP contribution in [-0.4, -0.2) is 51.8 Å². The van der Waals surface area contributed by atoms with Gasteiger partial charge in [0.15, 0.2) is 0 Å². The average molecular weight is 337 g/mol. The summed E-state index contributed by atoms with van der Waals surface area (Å²) in [4.78, 5) is 13.9. The minimum atomic E-state index is -2.61. The Morgan fingerprint density at radius 2 is 1.81 bits per heavy atom. The normalized spacial score (nSPS) is 15.0. The lowest BCUT2D eigenvalue weighted by atomic mass is 10.3. The zero-order valence-corrected chi connectivity index (χ0v) is 16.4. The van der Waals surface area contributed by atoms with Crippen molar-refractivity contribution in [2.24, 2.45) is 0 Å². The third-order valence-corrected chi connectivity index (χ3v) is 5.30. The van der Waals surface area contributed by atoms with Crippen LogP contribution in [0.3, 0.4) is 0 Å². The van der Waals surface area contributed by atoms with E-state index < -0.39 is 15.7 Å². The highest BCUT2D eigenvalue weighted by atomic mass is 31.2. The first-order valence-corrected chi connectivity index (χ1v) is 13.4. The third-order valence-electron chi connectivity index (χ3n) is 2.74. The minimum Gasteiger partial charge on any atom is -0.520 e. The van der Waals surface area contributed by atoms with Crippen LogP contribution in [-0.2, 0) is 18.3 Å². The summed E-state index contributed by atoms with van der Waals surface area (Å²) in [6.07, 6.45) is 2.84. The van der Waals surface area contributed by atoms with Gasteiger partial charge in [-0.2, -0.15) is 0 Å². The summed E-state index contributed by atoms with van der Waals surface area (Å²) < 4.78 is 23.1. The molecule has 0 aliphatic heterocycles. The second-order valence-corrected chi connectivity index (χ2v) is 13.4. The van der Waals surface area contributed by atoms with Crippen LogP contribution in [0.2, 0.25) is 19.6 Å². The summed E-state index contributed by atoms with van der Waals surface area (Å²) in [6, 6.07) is 0. The van der Waals surface area contributed by atoms with Crippen LogP contribution in [0.25, 0.3) is 0 Å². The lowest BCUT2D eigenvalue weighted by molar-refractivity contribution is -0.135. The molecule has 0 bridgehead atoms. The van der Waals surface area contributed by atoms with E-state index in [1.807, 2.05) is 26.6 Å². The van der Waals surface area contributed by atoms with Crippen molar-refractivity contribution in [3.05, 3.63) is 0 Å². The van der Waals surface area contributed by atoms with Gasteiger partial charge >= 0.3 is 0 Å². The van der Waals surface area contributed by atoms with E-state index in [9.17, 15) is 9.36 Å². The van der Waals surface area contributed by atoms with E-state index >= 15 is 0 Å². The fourth-order valence-electron chi connectivity index (χ4n) is 1.95. The Kier molecular flexibility index (Phi) is 9.70. The fourth-order valence-corrected chi connectivity index (χ4v) is 4.38. The van der Waals surface area contributed by atoms with Gasteiger partial charge in [-0.1, -0.05) is 13.3 Å². The Bertz CT molecular complexity index is 357. The number of carbonyl (C=O) groups excluding carboxylic acids is 1. The molecule has 0 aromatic rings. The molecule has 0 N–H and O–H groups in total. The first-order valence-electron chi connectivity index (χ1n) is 7.75. The van der Waals surface area contributed by atoms with E-state index in [2.05, 4.69) is 11.8 Å². The summed E-state index contributed by atoms with van der Waals surface area (Å²) in [6.45, 7) is 13.5. The molecule has 0 saturated carbocycles. The van der Waals surface area contributed by atoms with Gasteiger partial charge < -0.3 is 8.95 Å². The van der Waals surface area contributed by atoms with E-state index in [1.54, 1.807) is 6.66 Å². The van der Waals surface area contributed by atoms with Gasteiger partial charge in [-0.05, 0) is 39.5 Å². The Balaban J connectivity index is 4.42. The summed E-state index contributed by atoms with van der Waals surface area (Å²) in [5, 5.41) is 0. The molecule has 0 aliphatic carbocycles. The van der Waals surface area contributed by atoms with Crippen LogP contribution in [0.4, 0.5) is 0 Å². The number of unbranched alkanes of at least 4 members (excludes halogenated alkanes) is 1. The Labute approximate surface area is 131 Å². The van der Waals surface area contributed by atoms with Gasteiger partial charge in [-0.15, -0.1) is 0 Å². The molecule has 1 atom stereocenters. The van der Waals surface area contributed by atoms with Crippen molar-refractivity contribution in [1.29, 1.82) is 0 Å². The highest BCUT2D eigenvalue weighted by Gasteiger charge is 2.23. The SMILES string of the molecule is CCCCN(CCC(=O)O[Si](C)(C)C)CP(C)(=O)OCC. The molecule has 0 spiro atoms. The van der Waals surface area contributed by atoms with Crippen LogP contribution >= 0.6 is 7.37 Å². The number of carbonyl (C=O) groups is 1. The molecule has 126 valence electrons. The van der Waals surface area contributed by atoms with Gasteiger partial charge in [0, 0.05) is 13.2 Å². The van der Waals surface area contributed by atoms with Gasteiger partial charge in [-0.3, -0.25) is 14.3 Å². The number of rotatable bonds is 11. The van der Waals surface area contributed by atoms with Crippen LogP contribution in [0.5, 0.6) is 0 Å². The molecule has 0 radical (unpaired) electrons. The fraction of sp³-hybridized carbons (Fsp3) is 0.929. The molecule has 0 fully saturated rings. The van der Waals surface area contributed by atoms with Gasteiger partial charge in [0.2, 0.25) is 15.7 Å². The van der Waals surface area contributed by atoms with E-state index in [1.165, 1.54) is 0 Å². The Hall–Kier alpha value is -0.163. The highest BCUT2D eigenvalue weighted by Crippen LogP contribution is 2.42. The maximum absolute atomic E-state index is 12.3. The van der Waals surface area contributed by atoms with Gasteiger partial charge in [-0.25, -0.2) is 0 Å². The van der Waals surface area contributed by atoms with Gasteiger partial charge in [0.25, 0.3) is 5.97 Å². The second-order valence-electron chi connectivity index (χ2n) is 6.38. The molecule has 0 amide bonds. The number of hydrogen-bond donors (Lipinski definition) is 0. The van der Waals surface area contributed by atoms with E-state index in [4.69, 9.17) is 8.95 Å². The maximum Gasteiger partial charge on any atom is 0.293 e. The van der Waals surface area contributed by atoms with Gasteiger partial charge in [0.1, 0.15) is 0 Å². The monoisotopic (exact) mass is 337 g/mol. The highest BCUT2D eigenvalue weighted by molar-refractivity contribution is 7.58. The molecule has 0 aliphatic rings. The molecule has 0 aromatic heterocycles. The third kappa shape index (κ3) is 12.1. The van der Waals surface area contributed by atoms with Crippen LogP contribution < -0.4 is 0 Å². The molecule has 0 saturated heterocycles. The van der Waals surface area contributed by atoms with Crippen molar-refractivity contribution in [3.8, 4) is 0 Å². The quantitative estimate of drug-likeness (QED) is 0.424. The van der Waals surface area contributed by atoms with Crippen molar-refractivity contribution in [3.63, 3.8) is 0 Å². The molecule has 1 unspecified atom stereocenters. The largest absolute Gasteiger partial charge is 0.520 e. The summed E-state index contributed by atoms with van der Waals surface area (Å²) in [7, 11) is -4.43. The van der Waals surface area contributed by atoms with Crippen molar-refractivity contribution in [1.82, 2.24) is 4.90 Å². The van der Waals surface area contributed by atoms with Crippen LogP contribution in [0.15, 0.2) is 0 Å². The molecule has 0 heterocycles. The minimum absolute atomic E-state index is 0.155. The molecule has 5 nitrogen and oxygen atoms in total. The zero-order chi connectivity index (χ0) is 16.5. The molecular formula is C14H32NO4PSi. The second kappa shape index (κ2) is 9.77. The Morgan fingerprint density at radius 1 is 1.19 bits per heavy atom. The molecule has 0 aromatic carbocycles. The molecule has 21 heavy (non-hydrogen) atoms. The Morgan fingerprint density at radius 3 is 2.29 bits per heavy atom. The summed E-state index contributed by atoms with van der Waals surface area (Å²) >= 11 is 0. The average Bonchev–Trinajstić information content (AvgIpc) is 2.30. The number of hydrogen-bond acceptors (Lipinski definition) is 5. The molecule has 7 heteroatoms. The van der Waals surface area contributed by atoms with E-state index in [-0.39, 0.29) is 5.97 Å². The number of nitrogens with zero attached hydrogens (tertiary/aromatic N) is 1. The standard InChI is InChI=1S/C14H32NO4PSi/c1-7-9-11-15(13-20(3,17)18-8-2)12-10-14(16)19-21(4,5)6/h7-13H2,1-6H3. The molecule has 0 rings (SSSR count). The van der Waals surface area contributed by atoms with Crippen LogP contribution in [0, 0.1) is 0 Å². The van der Waals surface area contributed by atoms with E-state index in [0.29, 0.717) is 25.9 Å². The van der Waals surface area contributed by atoms with Crippen molar-refractivity contribution < 1.29 is 18.3 Å². The first-order chi connectivity index (χ1) is 9.59. The van der Waals surface area contributed by atoms with E-state index in [0.717, 1.165) is 19.4 Å². The van der Waals surface area contributed by atoms with Crippen molar-refractivity contribution in [2.75, 3.05) is 32.6 Å². The maximum atomic E-state index is 12.3. The topological polar surface area (TPSA) is 55.8 Å². The van der Waals surface area contributed by atoms with Crippen molar-refractivity contribution in [2.45, 2.75) is 52.8 Å². The summed E-state index contributed by atoms with van der Waals surface area (Å²) in [5.74, 6) is -0.155. The first kappa shape index (κ1) is 20.8. The smallest absolute Gasteiger partial charge is 0.293 e. The predicted molar refractivity (Wildman–Crippen MR) is 90.6 cm³/mol. The summed E-state index contributed by atoms with van der Waals surface area (Å²) in [5.41, 5.74) is 0. The zero-order valence-electron chi connectivity index (χ0n) is 14.5. The van der Waals surface area contributed by atoms with Crippen LogP contribution in [0.1, 0.15) is 33.1 Å². The lowest BCUT2D eigenvalue weighted by Gasteiger charge is -2.26. The predicted octanol–water partition coefficient (Wildman–Crippen LogP) is 3.76. The van der Waals surface area contributed by atoms with Crippen molar-refractivity contribution >= 4 is 21.7 Å². The van der Waals surface area contributed by atoms with Gasteiger partial charge in [0.05, 0.1) is 19.3 Å². The lowest BCUT2D eigenvalue weighted by Crippen LogP contribution is -2.33.